The average molecular weight is 720 g/mol. The quantitative estimate of drug-likeness (QED) is 0.189. The van der Waals surface area contributed by atoms with E-state index >= 15 is 0 Å². The lowest BCUT2D eigenvalue weighted by Gasteiger charge is -2.43. The number of hydrogen-bond acceptors (Lipinski definition) is 6. The Labute approximate surface area is 292 Å². The Morgan fingerprint density at radius 1 is 0.940 bits per heavy atom. The molecule has 0 heterocycles. The average Bonchev–Trinajstić information content (AvgIpc) is 3.02. The maximum absolute atomic E-state index is 14.7. The molecular weight excluding hydrogens is 670 g/mol. The van der Waals surface area contributed by atoms with E-state index in [2.05, 4.69) is 0 Å². The summed E-state index contributed by atoms with van der Waals surface area (Å²) in [5.41, 5.74) is 4.61. The molecule has 0 radical (unpaired) electrons. The van der Waals surface area contributed by atoms with Gasteiger partial charge in [0.05, 0.1) is 18.3 Å². The number of ether oxygens (including phenoxy) is 2. The van der Waals surface area contributed by atoms with Gasteiger partial charge in [-0.05, 0) is 124 Å². The van der Waals surface area contributed by atoms with Gasteiger partial charge >= 0.3 is 20.1 Å². The van der Waals surface area contributed by atoms with Crippen LogP contribution in [0.3, 0.4) is 0 Å². The summed E-state index contributed by atoms with van der Waals surface area (Å²) in [6, 6.07) is 14.6. The third-order valence-corrected chi connectivity index (χ3v) is 11.4. The fourth-order valence-corrected chi connectivity index (χ4v) is 8.69. The van der Waals surface area contributed by atoms with Gasteiger partial charge in [0.2, 0.25) is 0 Å². The Morgan fingerprint density at radius 2 is 1.60 bits per heavy atom. The van der Waals surface area contributed by atoms with Crippen molar-refractivity contribution in [3.05, 3.63) is 76.9 Å². The van der Waals surface area contributed by atoms with Crippen LogP contribution in [0.4, 0.5) is 18.0 Å². The molecule has 0 aromatic heterocycles. The molecule has 0 bridgehead atoms. The number of alkyl halides is 3. The summed E-state index contributed by atoms with van der Waals surface area (Å²) < 4.78 is 78.7. The minimum absolute atomic E-state index is 0.00635. The molecule has 12 heteroatoms. The fraction of sp³-hybridized carbons (Fsp3) is 0.553. The Morgan fingerprint density at radius 3 is 2.22 bits per heavy atom. The van der Waals surface area contributed by atoms with Crippen molar-refractivity contribution in [2.24, 2.45) is 11.1 Å². The predicted molar refractivity (Wildman–Crippen MR) is 186 cm³/mol. The number of phosphoric acid groups is 1. The van der Waals surface area contributed by atoms with Crippen molar-refractivity contribution in [3.63, 3.8) is 0 Å². The predicted octanol–water partition coefficient (Wildman–Crippen LogP) is 10.5. The summed E-state index contributed by atoms with van der Waals surface area (Å²) in [6.07, 6.45) is 4.13. The lowest BCUT2D eigenvalue weighted by atomic mass is 9.65. The second kappa shape index (κ2) is 14.9. The first-order chi connectivity index (χ1) is 23.4. The van der Waals surface area contributed by atoms with Crippen molar-refractivity contribution in [1.29, 1.82) is 0 Å². The third kappa shape index (κ3) is 9.60. The Kier molecular flexibility index (Phi) is 11.3. The number of rotatable bonds is 11. The standard InChI is InChI=1S/C38H49F3NO7P/c1-35(2,3)49-50(44,45)46-25-28-11-7-6-10-26(28)16-21-36(4,48-34(42)43)29-13-14-31-27(24-29)12-15-32(33(31)38(39,40)41)47-30-17-22-37(23-18-30)19-8-5-9-20-37/h6-7,10-15,24,30H,5,8-9,16-23,25H2,1-4H3,(H2,42,43)(H,44,45)/t36-/m1/s1. The molecule has 1 spiro atoms. The Bertz CT molecular complexity index is 1710. The number of amides is 1. The molecule has 3 aromatic carbocycles. The molecule has 3 N–H and O–H groups in total. The first-order valence-electron chi connectivity index (χ1n) is 17.4. The van der Waals surface area contributed by atoms with Crippen molar-refractivity contribution in [3.8, 4) is 5.75 Å². The highest BCUT2D eigenvalue weighted by Crippen LogP contribution is 2.50. The summed E-state index contributed by atoms with van der Waals surface area (Å²) in [6.45, 7) is 6.35. The van der Waals surface area contributed by atoms with E-state index in [1.807, 2.05) is 6.07 Å². The number of phosphoric ester groups is 1. The first-order valence-corrected chi connectivity index (χ1v) is 18.9. The topological polar surface area (TPSA) is 117 Å². The highest BCUT2D eigenvalue weighted by atomic mass is 31.2. The zero-order valence-corrected chi connectivity index (χ0v) is 30.2. The molecule has 2 saturated carbocycles. The van der Waals surface area contributed by atoms with E-state index in [1.54, 1.807) is 58.0 Å². The molecular formula is C38H49F3NO7P. The smallest absolute Gasteiger partial charge is 0.473 e. The van der Waals surface area contributed by atoms with Crippen LogP contribution in [-0.4, -0.2) is 22.7 Å². The zero-order valence-electron chi connectivity index (χ0n) is 29.3. The number of carbonyl (C=O) groups is 1. The van der Waals surface area contributed by atoms with Crippen molar-refractivity contribution in [1.82, 2.24) is 0 Å². The van der Waals surface area contributed by atoms with Gasteiger partial charge in [-0.1, -0.05) is 61.7 Å². The largest absolute Gasteiger partial charge is 0.490 e. The highest BCUT2D eigenvalue weighted by molar-refractivity contribution is 7.47. The highest BCUT2D eigenvalue weighted by Gasteiger charge is 2.40. The van der Waals surface area contributed by atoms with E-state index in [9.17, 15) is 27.4 Å². The van der Waals surface area contributed by atoms with Gasteiger partial charge in [-0.2, -0.15) is 13.2 Å². The molecule has 3 aromatic rings. The summed E-state index contributed by atoms with van der Waals surface area (Å²) in [4.78, 5) is 22.3. The third-order valence-electron chi connectivity index (χ3n) is 10.2. The van der Waals surface area contributed by atoms with Crippen molar-refractivity contribution in [2.75, 3.05) is 0 Å². The van der Waals surface area contributed by atoms with Crippen LogP contribution in [0.25, 0.3) is 10.8 Å². The SMILES string of the molecule is CC(C)(C)OP(=O)(O)OCc1ccccc1CC[C@@](C)(OC(N)=O)c1ccc2c(C(F)(F)F)c(OC3CCC4(CCCCC4)CC3)ccc2c1. The summed E-state index contributed by atoms with van der Waals surface area (Å²) >= 11 is 0. The normalized spacial score (nSPS) is 19.5. The number of nitrogens with two attached hydrogens (primary N) is 1. The van der Waals surface area contributed by atoms with Crippen LogP contribution in [0.1, 0.15) is 114 Å². The number of fused-ring (bicyclic) bond motifs is 1. The maximum Gasteiger partial charge on any atom is 0.473 e. The molecule has 274 valence electrons. The van der Waals surface area contributed by atoms with E-state index in [0.29, 0.717) is 28.3 Å². The summed E-state index contributed by atoms with van der Waals surface area (Å²) in [7, 11) is -4.35. The van der Waals surface area contributed by atoms with Crippen molar-refractivity contribution >= 4 is 24.7 Å². The fourth-order valence-electron chi connectivity index (χ4n) is 7.65. The van der Waals surface area contributed by atoms with Gasteiger partial charge < -0.3 is 20.1 Å². The lowest BCUT2D eigenvalue weighted by molar-refractivity contribution is -0.138. The Balaban J connectivity index is 1.37. The first kappa shape index (κ1) is 38.1. The van der Waals surface area contributed by atoms with Crippen molar-refractivity contribution < 1.29 is 45.9 Å². The monoisotopic (exact) mass is 719 g/mol. The van der Waals surface area contributed by atoms with E-state index in [1.165, 1.54) is 50.3 Å². The van der Waals surface area contributed by atoms with E-state index in [4.69, 9.17) is 24.3 Å². The molecule has 8 nitrogen and oxygen atoms in total. The van der Waals surface area contributed by atoms with E-state index < -0.39 is 36.9 Å². The van der Waals surface area contributed by atoms with Crippen LogP contribution >= 0.6 is 7.82 Å². The van der Waals surface area contributed by atoms with Gasteiger partial charge in [0.1, 0.15) is 16.9 Å². The summed E-state index contributed by atoms with van der Waals surface area (Å²) in [5, 5.41) is 0.311. The van der Waals surface area contributed by atoms with Crippen molar-refractivity contribution in [2.45, 2.75) is 128 Å². The van der Waals surface area contributed by atoms with Crippen LogP contribution in [-0.2, 0) is 43.2 Å². The number of benzene rings is 3. The minimum Gasteiger partial charge on any atom is -0.490 e. The number of halogens is 3. The lowest BCUT2D eigenvalue weighted by Crippen LogP contribution is -2.34. The molecule has 50 heavy (non-hydrogen) atoms. The maximum atomic E-state index is 14.7. The number of carbonyl (C=O) groups excluding carboxylic acids is 1. The van der Waals surface area contributed by atoms with E-state index in [-0.39, 0.29) is 30.3 Å². The number of aryl methyl sites for hydroxylation is 1. The second-order valence-corrected chi connectivity index (χ2v) is 16.5. The molecule has 5 rings (SSSR count). The molecule has 2 aliphatic carbocycles. The van der Waals surface area contributed by atoms with Crippen LogP contribution in [0.2, 0.25) is 0 Å². The second-order valence-electron chi connectivity index (χ2n) is 15.1. The van der Waals surface area contributed by atoms with Crippen LogP contribution in [0.5, 0.6) is 5.75 Å². The van der Waals surface area contributed by atoms with Crippen LogP contribution in [0, 0.1) is 5.41 Å². The Hall–Kier alpha value is -3.11. The molecule has 0 saturated heterocycles. The van der Waals surface area contributed by atoms with Gasteiger partial charge in [-0.15, -0.1) is 0 Å². The molecule has 2 atom stereocenters. The minimum atomic E-state index is -4.66. The van der Waals surface area contributed by atoms with E-state index in [0.717, 1.165) is 31.2 Å². The van der Waals surface area contributed by atoms with Gasteiger partial charge in [0.15, 0.2) is 0 Å². The molecule has 1 unspecified atom stereocenters. The molecule has 1 amide bonds. The molecule has 0 aliphatic heterocycles. The van der Waals surface area contributed by atoms with Gasteiger partial charge in [0, 0.05) is 0 Å². The van der Waals surface area contributed by atoms with Crippen LogP contribution < -0.4 is 10.5 Å². The number of primary amides is 1. The van der Waals surface area contributed by atoms with Gasteiger partial charge in [0.25, 0.3) is 0 Å². The zero-order chi connectivity index (χ0) is 36.4. The molecule has 2 aliphatic rings. The van der Waals surface area contributed by atoms with Gasteiger partial charge in [-0.25, -0.2) is 9.36 Å². The molecule has 2 fully saturated rings. The van der Waals surface area contributed by atoms with Gasteiger partial charge in [-0.3, -0.25) is 9.05 Å². The van der Waals surface area contributed by atoms with Crippen LogP contribution in [0.15, 0.2) is 54.6 Å². The number of hydrogen-bond donors (Lipinski definition) is 2. The summed E-state index contributed by atoms with van der Waals surface area (Å²) in [5.74, 6) is -0.169.